The van der Waals surface area contributed by atoms with Crippen LogP contribution in [0.4, 0.5) is 4.79 Å². The molecule has 33 heavy (non-hydrogen) atoms. The lowest BCUT2D eigenvalue weighted by Crippen LogP contribution is -2.66. The van der Waals surface area contributed by atoms with Crippen LogP contribution in [0.1, 0.15) is 39.2 Å². The number of azide groups is 1. The fourth-order valence-electron chi connectivity index (χ4n) is 4.27. The maximum atomic E-state index is 13.6. The molecule has 1 saturated heterocycles. The number of aliphatic hydroxyl groups is 1. The Morgan fingerprint density at radius 2 is 2.24 bits per heavy atom. The number of likely N-dealkylation sites (tertiary alicyclic amines) is 1. The molecule has 12 heteroatoms. The van der Waals surface area contributed by atoms with E-state index < -0.39 is 34.6 Å². The lowest BCUT2D eigenvalue weighted by atomic mass is 9.99. The SMILES string of the molecule is CC[C@@H](C)[C@@H](O)C(=O)[N+]1(C(=O)NCc2cc(Cl)ccc2-n2cncn2)C[C@@H](N=[N+]=[N-])CC1C. The van der Waals surface area contributed by atoms with E-state index in [1.807, 2.05) is 6.92 Å². The second-order valence-electron chi connectivity index (χ2n) is 8.44. The van der Waals surface area contributed by atoms with Crippen molar-refractivity contribution in [3.05, 3.63) is 51.9 Å². The topological polar surface area (TPSA) is 146 Å². The summed E-state index contributed by atoms with van der Waals surface area (Å²) in [6, 6.07) is 3.61. The van der Waals surface area contributed by atoms with E-state index in [0.717, 1.165) is 0 Å². The van der Waals surface area contributed by atoms with Gasteiger partial charge in [0.15, 0.2) is 6.10 Å². The van der Waals surface area contributed by atoms with Crippen molar-refractivity contribution >= 4 is 23.5 Å². The second-order valence-corrected chi connectivity index (χ2v) is 8.87. The molecule has 2 N–H and O–H groups in total. The molecule has 0 radical (unpaired) electrons. The van der Waals surface area contributed by atoms with Crippen LogP contribution in [0.3, 0.4) is 0 Å². The van der Waals surface area contributed by atoms with E-state index in [1.165, 1.54) is 12.7 Å². The number of carbonyl (C=O) groups excluding carboxylic acids is 2. The lowest BCUT2D eigenvalue weighted by Gasteiger charge is -2.35. The summed E-state index contributed by atoms with van der Waals surface area (Å²) in [5.41, 5.74) is 10.2. The van der Waals surface area contributed by atoms with Gasteiger partial charge in [0.25, 0.3) is 0 Å². The average molecular weight is 476 g/mol. The van der Waals surface area contributed by atoms with Crippen LogP contribution in [0.25, 0.3) is 16.1 Å². The van der Waals surface area contributed by atoms with Gasteiger partial charge in [0.1, 0.15) is 25.2 Å². The number of imide groups is 1. The summed E-state index contributed by atoms with van der Waals surface area (Å²) < 4.78 is 0.921. The van der Waals surface area contributed by atoms with Gasteiger partial charge in [-0.2, -0.15) is 9.58 Å². The van der Waals surface area contributed by atoms with E-state index in [-0.39, 0.29) is 19.0 Å². The van der Waals surface area contributed by atoms with Crippen LogP contribution in [-0.2, 0) is 11.3 Å². The highest BCUT2D eigenvalue weighted by atomic mass is 35.5. The summed E-state index contributed by atoms with van der Waals surface area (Å²) in [7, 11) is 0. The minimum Gasteiger partial charge on any atom is -0.379 e. The third-order valence-electron chi connectivity index (χ3n) is 6.41. The van der Waals surface area contributed by atoms with Crippen LogP contribution >= 0.6 is 11.6 Å². The van der Waals surface area contributed by atoms with Crippen molar-refractivity contribution in [2.75, 3.05) is 6.54 Å². The van der Waals surface area contributed by atoms with E-state index in [9.17, 15) is 14.7 Å². The Balaban J connectivity index is 1.92. The summed E-state index contributed by atoms with van der Waals surface area (Å²) in [5, 5.41) is 21.9. The van der Waals surface area contributed by atoms with Gasteiger partial charge in [-0.15, -0.1) is 0 Å². The number of hydrogen-bond acceptors (Lipinski definition) is 6. The van der Waals surface area contributed by atoms with E-state index in [0.29, 0.717) is 29.1 Å². The van der Waals surface area contributed by atoms with Gasteiger partial charge in [-0.3, -0.25) is 0 Å². The van der Waals surface area contributed by atoms with Crippen LogP contribution in [0.2, 0.25) is 5.02 Å². The number of aliphatic hydroxyl groups excluding tert-OH is 1. The van der Waals surface area contributed by atoms with Crippen LogP contribution in [-0.4, -0.2) is 61.0 Å². The van der Waals surface area contributed by atoms with Gasteiger partial charge in [-0.1, -0.05) is 37.0 Å². The number of urea groups is 1. The van der Waals surface area contributed by atoms with Crippen molar-refractivity contribution in [3.8, 4) is 5.69 Å². The third kappa shape index (κ3) is 4.86. The molecular weight excluding hydrogens is 448 g/mol. The Hall–Kier alpha value is -2.98. The molecule has 1 aliphatic heterocycles. The number of carbonyl (C=O) groups is 2. The van der Waals surface area contributed by atoms with E-state index in [2.05, 4.69) is 25.4 Å². The Bertz CT molecular complexity index is 1060. The number of benzene rings is 1. The molecule has 2 heterocycles. The summed E-state index contributed by atoms with van der Waals surface area (Å²) in [6.07, 6.45) is 2.55. The van der Waals surface area contributed by atoms with Gasteiger partial charge < -0.3 is 10.4 Å². The Morgan fingerprint density at radius 3 is 2.88 bits per heavy atom. The predicted octanol–water partition coefficient (Wildman–Crippen LogP) is 3.35. The second kappa shape index (κ2) is 10.3. The first-order valence-corrected chi connectivity index (χ1v) is 11.2. The van der Waals surface area contributed by atoms with E-state index >= 15 is 0 Å². The number of halogens is 1. The third-order valence-corrected chi connectivity index (χ3v) is 6.64. The molecule has 5 atom stereocenters. The van der Waals surface area contributed by atoms with Crippen LogP contribution in [0.5, 0.6) is 0 Å². The molecule has 2 aromatic rings. The van der Waals surface area contributed by atoms with Gasteiger partial charge in [-0.05, 0) is 42.1 Å². The minimum absolute atomic E-state index is 0.00509. The number of nitrogens with zero attached hydrogens (tertiary/aromatic N) is 7. The van der Waals surface area contributed by atoms with Gasteiger partial charge in [0.05, 0.1) is 18.3 Å². The average Bonchev–Trinajstić information content (AvgIpc) is 3.44. The highest BCUT2D eigenvalue weighted by Crippen LogP contribution is 2.32. The van der Waals surface area contributed by atoms with Gasteiger partial charge in [-0.25, -0.2) is 19.3 Å². The first-order valence-electron chi connectivity index (χ1n) is 10.8. The maximum absolute atomic E-state index is 13.6. The van der Waals surface area contributed by atoms with Crippen LogP contribution < -0.4 is 5.32 Å². The highest BCUT2D eigenvalue weighted by molar-refractivity contribution is 6.30. The summed E-state index contributed by atoms with van der Waals surface area (Å²) in [5.74, 6) is -0.912. The molecule has 0 bridgehead atoms. The van der Waals surface area contributed by atoms with Gasteiger partial charge >= 0.3 is 11.9 Å². The number of nitrogens with one attached hydrogen (secondary N) is 1. The Kier molecular flexibility index (Phi) is 7.70. The number of hydrogen-bond donors (Lipinski definition) is 2. The molecule has 1 aromatic carbocycles. The van der Waals surface area contributed by atoms with Crippen molar-refractivity contribution in [1.82, 2.24) is 20.1 Å². The predicted molar refractivity (Wildman–Crippen MR) is 121 cm³/mol. The molecule has 2 unspecified atom stereocenters. The zero-order chi connectivity index (χ0) is 24.2. The molecule has 3 amide bonds. The number of aromatic nitrogens is 3. The molecule has 11 nitrogen and oxygen atoms in total. The maximum Gasteiger partial charge on any atom is 0.424 e. The molecule has 0 saturated carbocycles. The Morgan fingerprint density at radius 1 is 1.48 bits per heavy atom. The molecule has 3 rings (SSSR count). The number of amides is 3. The van der Waals surface area contributed by atoms with Crippen molar-refractivity contribution < 1.29 is 19.2 Å². The summed E-state index contributed by atoms with van der Waals surface area (Å²) in [4.78, 5) is 33.8. The molecule has 1 aromatic heterocycles. The first kappa shape index (κ1) is 24.7. The molecule has 1 aliphatic rings. The molecule has 0 spiro atoms. The monoisotopic (exact) mass is 475 g/mol. The quantitative estimate of drug-likeness (QED) is 0.273. The molecule has 0 aliphatic carbocycles. The lowest BCUT2D eigenvalue weighted by molar-refractivity contribution is -0.787. The van der Waals surface area contributed by atoms with Crippen molar-refractivity contribution in [2.45, 2.75) is 58.3 Å². The van der Waals surface area contributed by atoms with E-state index in [1.54, 1.807) is 36.7 Å². The van der Waals surface area contributed by atoms with Gasteiger partial charge in [0.2, 0.25) is 0 Å². The number of quaternary nitrogens is 1. The summed E-state index contributed by atoms with van der Waals surface area (Å²) in [6.45, 7) is 5.45. The van der Waals surface area contributed by atoms with Crippen molar-refractivity contribution in [3.63, 3.8) is 0 Å². The zero-order valence-corrected chi connectivity index (χ0v) is 19.6. The number of rotatable bonds is 7. The van der Waals surface area contributed by atoms with Crippen molar-refractivity contribution in [2.24, 2.45) is 11.0 Å². The Labute approximate surface area is 196 Å². The molecular formula is C21H28ClN8O3+. The summed E-state index contributed by atoms with van der Waals surface area (Å²) >= 11 is 6.17. The first-order chi connectivity index (χ1) is 15.7. The van der Waals surface area contributed by atoms with Crippen molar-refractivity contribution in [1.29, 1.82) is 0 Å². The minimum atomic E-state index is -1.31. The molecule has 176 valence electrons. The van der Waals surface area contributed by atoms with Crippen LogP contribution in [0.15, 0.2) is 36.0 Å². The standard InChI is InChI=1S/C21H27ClN8O3/c1-4-13(2)19(31)20(32)30(10-17(27-28-23)7-14(30)3)21(33)25-9-15-8-16(22)5-6-18(15)29-12-24-11-26-29/h5-6,8,11-14,17,19,31H,4,7,9-10H2,1-3H3/p+1/t13-,14?,17+,19-,30?/m1/s1. The smallest absolute Gasteiger partial charge is 0.379 e. The van der Waals surface area contributed by atoms with Crippen LogP contribution in [0, 0.1) is 5.92 Å². The largest absolute Gasteiger partial charge is 0.424 e. The highest BCUT2D eigenvalue weighted by Gasteiger charge is 2.58. The van der Waals surface area contributed by atoms with E-state index in [4.69, 9.17) is 17.1 Å². The zero-order valence-electron chi connectivity index (χ0n) is 18.8. The molecule has 1 fully saturated rings. The fourth-order valence-corrected chi connectivity index (χ4v) is 4.47. The van der Waals surface area contributed by atoms with Gasteiger partial charge in [0, 0.05) is 16.4 Å². The normalized spacial score (nSPS) is 24.0. The fraction of sp³-hybridized carbons (Fsp3) is 0.524.